The lowest BCUT2D eigenvalue weighted by Gasteiger charge is -2.19. The fraction of sp³-hybridized carbons (Fsp3) is 0.0714. The molecule has 0 aliphatic rings. The summed E-state index contributed by atoms with van der Waals surface area (Å²) >= 11 is 0. The third-order valence-corrected chi connectivity index (χ3v) is 2.97. The molecule has 0 amide bonds. The zero-order chi connectivity index (χ0) is 15.6. The van der Waals surface area contributed by atoms with E-state index < -0.39 is 16.7 Å². The van der Waals surface area contributed by atoms with Crippen LogP contribution in [-0.4, -0.2) is 23.0 Å². The van der Waals surface area contributed by atoms with Gasteiger partial charge in [0.1, 0.15) is 5.82 Å². The molecule has 0 radical (unpaired) electrons. The minimum absolute atomic E-state index is 0.123. The largest absolute Gasteiger partial charge is 0.478 e. The second-order valence-corrected chi connectivity index (χ2v) is 4.34. The minimum atomic E-state index is -1.05. The van der Waals surface area contributed by atoms with Crippen LogP contribution in [-0.2, 0) is 0 Å². The maximum Gasteiger partial charge on any atom is 0.335 e. The van der Waals surface area contributed by atoms with Gasteiger partial charge in [-0.2, -0.15) is 0 Å². The molecule has 1 N–H and O–H groups in total. The van der Waals surface area contributed by atoms with E-state index >= 15 is 0 Å². The van der Waals surface area contributed by atoms with Crippen LogP contribution in [0, 0.1) is 15.9 Å². The predicted molar refractivity (Wildman–Crippen MR) is 74.5 cm³/mol. The molecule has 0 heterocycles. The summed E-state index contributed by atoms with van der Waals surface area (Å²) in [5.41, 5.74) is 0.654. The number of anilines is 2. The summed E-state index contributed by atoms with van der Waals surface area (Å²) in [4.78, 5) is 22.4. The number of carboxylic acid groups (broad SMARTS) is 1. The highest BCUT2D eigenvalue weighted by Gasteiger charge is 2.13. The number of nitro groups is 1. The Hall–Kier alpha value is -2.96. The van der Waals surface area contributed by atoms with Gasteiger partial charge in [-0.1, -0.05) is 0 Å². The molecular formula is C14H11FN2O4. The molecule has 0 fully saturated rings. The fourth-order valence-electron chi connectivity index (χ4n) is 1.83. The lowest BCUT2D eigenvalue weighted by molar-refractivity contribution is -0.385. The third kappa shape index (κ3) is 3.14. The van der Waals surface area contributed by atoms with Crippen LogP contribution in [0.4, 0.5) is 21.5 Å². The Morgan fingerprint density at radius 1 is 1.19 bits per heavy atom. The third-order valence-electron chi connectivity index (χ3n) is 2.97. The topological polar surface area (TPSA) is 83.7 Å². The van der Waals surface area contributed by atoms with Crippen LogP contribution in [0.3, 0.4) is 0 Å². The number of non-ortho nitro benzene ring substituents is 1. The number of hydrogen-bond donors (Lipinski definition) is 1. The molecule has 0 bridgehead atoms. The fourth-order valence-corrected chi connectivity index (χ4v) is 1.83. The Kier molecular flexibility index (Phi) is 3.84. The highest BCUT2D eigenvalue weighted by Crippen LogP contribution is 2.28. The number of benzene rings is 2. The van der Waals surface area contributed by atoms with E-state index in [2.05, 4.69) is 0 Å². The number of aromatic carboxylic acids is 1. The number of carbonyl (C=O) groups is 1. The maximum atomic E-state index is 13.4. The summed E-state index contributed by atoms with van der Waals surface area (Å²) < 4.78 is 13.4. The molecule has 2 aromatic carbocycles. The lowest BCUT2D eigenvalue weighted by atomic mass is 10.2. The van der Waals surface area contributed by atoms with Gasteiger partial charge in [-0.25, -0.2) is 9.18 Å². The average Bonchev–Trinajstić information content (AvgIpc) is 2.45. The summed E-state index contributed by atoms with van der Waals surface area (Å²) in [5.74, 6) is -1.76. The zero-order valence-corrected chi connectivity index (χ0v) is 11.0. The molecule has 0 saturated heterocycles. The van der Waals surface area contributed by atoms with Crippen LogP contribution in [0.1, 0.15) is 10.4 Å². The van der Waals surface area contributed by atoms with Gasteiger partial charge in [-0.05, 0) is 30.3 Å². The van der Waals surface area contributed by atoms with Crippen LogP contribution in [0.25, 0.3) is 0 Å². The van der Waals surface area contributed by atoms with Gasteiger partial charge in [-0.3, -0.25) is 10.1 Å². The van der Waals surface area contributed by atoms with E-state index in [0.717, 1.165) is 12.1 Å². The lowest BCUT2D eigenvalue weighted by Crippen LogP contribution is -2.10. The molecule has 0 unspecified atom stereocenters. The van der Waals surface area contributed by atoms with E-state index in [-0.39, 0.29) is 11.3 Å². The second kappa shape index (κ2) is 5.58. The van der Waals surface area contributed by atoms with Gasteiger partial charge < -0.3 is 10.0 Å². The van der Waals surface area contributed by atoms with Crippen molar-refractivity contribution in [3.8, 4) is 0 Å². The van der Waals surface area contributed by atoms with Crippen LogP contribution >= 0.6 is 0 Å². The Morgan fingerprint density at radius 3 is 2.33 bits per heavy atom. The van der Waals surface area contributed by atoms with Crippen LogP contribution in [0.15, 0.2) is 42.5 Å². The molecule has 0 saturated carbocycles. The second-order valence-electron chi connectivity index (χ2n) is 4.34. The molecule has 108 valence electrons. The van der Waals surface area contributed by atoms with E-state index in [1.54, 1.807) is 19.2 Å². The molecule has 7 heteroatoms. The van der Waals surface area contributed by atoms with Crippen molar-refractivity contribution in [2.75, 3.05) is 11.9 Å². The standard InChI is InChI=1S/C14H11FN2O4/c1-16(11-4-2-9(3-5-11)14(18)19)12-6-10(15)7-13(8-12)17(20)21/h2-8H,1H3,(H,18,19). The predicted octanol–water partition coefficient (Wildman–Crippen LogP) is 3.20. The molecule has 2 aromatic rings. The van der Waals surface area contributed by atoms with Gasteiger partial charge >= 0.3 is 5.97 Å². The van der Waals surface area contributed by atoms with Crippen molar-refractivity contribution in [1.29, 1.82) is 0 Å². The first-order valence-corrected chi connectivity index (χ1v) is 5.90. The van der Waals surface area contributed by atoms with Gasteiger partial charge in [0, 0.05) is 18.8 Å². The van der Waals surface area contributed by atoms with Gasteiger partial charge in [0.25, 0.3) is 5.69 Å². The number of halogens is 1. The molecule has 0 aliphatic heterocycles. The SMILES string of the molecule is CN(c1ccc(C(=O)O)cc1)c1cc(F)cc([N+](=O)[O-])c1. The van der Waals surface area contributed by atoms with Crippen molar-refractivity contribution in [2.45, 2.75) is 0 Å². The first-order chi connectivity index (χ1) is 9.88. The quantitative estimate of drug-likeness (QED) is 0.690. The van der Waals surface area contributed by atoms with E-state index in [9.17, 15) is 19.3 Å². The number of nitro benzene ring substituents is 1. The van der Waals surface area contributed by atoms with Crippen molar-refractivity contribution in [2.24, 2.45) is 0 Å². The monoisotopic (exact) mass is 290 g/mol. The van der Waals surface area contributed by atoms with Gasteiger partial charge in [0.05, 0.1) is 22.2 Å². The summed E-state index contributed by atoms with van der Waals surface area (Å²) in [6.45, 7) is 0. The number of nitrogens with zero attached hydrogens (tertiary/aromatic N) is 2. The first-order valence-electron chi connectivity index (χ1n) is 5.90. The zero-order valence-electron chi connectivity index (χ0n) is 11.0. The minimum Gasteiger partial charge on any atom is -0.478 e. The van der Waals surface area contributed by atoms with Crippen molar-refractivity contribution >= 4 is 23.0 Å². The summed E-state index contributed by atoms with van der Waals surface area (Å²) in [6.07, 6.45) is 0. The van der Waals surface area contributed by atoms with Gasteiger partial charge in [0.2, 0.25) is 0 Å². The van der Waals surface area contributed by atoms with E-state index in [0.29, 0.717) is 11.4 Å². The first kappa shape index (κ1) is 14.4. The molecule has 6 nitrogen and oxygen atoms in total. The van der Waals surface area contributed by atoms with Gasteiger partial charge in [-0.15, -0.1) is 0 Å². The van der Waals surface area contributed by atoms with Crippen LogP contribution < -0.4 is 4.90 Å². The van der Waals surface area contributed by atoms with Gasteiger partial charge in [0.15, 0.2) is 0 Å². The van der Waals surface area contributed by atoms with E-state index in [4.69, 9.17) is 5.11 Å². The molecule has 0 spiro atoms. The summed E-state index contributed by atoms with van der Waals surface area (Å²) in [5, 5.41) is 19.6. The van der Waals surface area contributed by atoms with E-state index in [1.165, 1.54) is 23.1 Å². The average molecular weight is 290 g/mol. The number of carboxylic acids is 1. The Balaban J connectivity index is 2.37. The maximum absolute atomic E-state index is 13.4. The Morgan fingerprint density at radius 2 is 1.81 bits per heavy atom. The summed E-state index contributed by atoms with van der Waals surface area (Å²) in [6, 6.07) is 9.14. The number of rotatable bonds is 4. The molecule has 0 aliphatic carbocycles. The van der Waals surface area contributed by atoms with Crippen molar-refractivity contribution in [3.63, 3.8) is 0 Å². The summed E-state index contributed by atoms with van der Waals surface area (Å²) in [7, 11) is 1.61. The molecule has 0 atom stereocenters. The molecular weight excluding hydrogens is 279 g/mol. The van der Waals surface area contributed by atoms with Crippen molar-refractivity contribution < 1.29 is 19.2 Å². The smallest absolute Gasteiger partial charge is 0.335 e. The van der Waals surface area contributed by atoms with Crippen LogP contribution in [0.5, 0.6) is 0 Å². The molecule has 0 aromatic heterocycles. The van der Waals surface area contributed by atoms with E-state index in [1.807, 2.05) is 0 Å². The molecule has 2 rings (SSSR count). The Bertz CT molecular complexity index is 701. The highest BCUT2D eigenvalue weighted by atomic mass is 19.1. The number of hydrogen-bond acceptors (Lipinski definition) is 4. The molecule has 21 heavy (non-hydrogen) atoms. The normalized spacial score (nSPS) is 10.2. The Labute approximate surface area is 119 Å². The highest BCUT2D eigenvalue weighted by molar-refractivity contribution is 5.88. The van der Waals surface area contributed by atoms with Crippen molar-refractivity contribution in [1.82, 2.24) is 0 Å². The van der Waals surface area contributed by atoms with Crippen molar-refractivity contribution in [3.05, 3.63) is 64.0 Å². The van der Waals surface area contributed by atoms with Crippen LogP contribution in [0.2, 0.25) is 0 Å².